The van der Waals surface area contributed by atoms with Crippen LogP contribution in [0.3, 0.4) is 0 Å². The van der Waals surface area contributed by atoms with Crippen molar-refractivity contribution in [2.75, 3.05) is 6.79 Å². The number of nitrogens with zero attached hydrogens (tertiary/aromatic N) is 2. The largest absolute Gasteiger partial charge is 0.454 e. The summed E-state index contributed by atoms with van der Waals surface area (Å²) in [5.41, 5.74) is 4.76. The monoisotopic (exact) mass is 343 g/mol. The van der Waals surface area contributed by atoms with E-state index in [0.29, 0.717) is 22.8 Å². The number of hydrazone groups is 1. The molecule has 0 bridgehead atoms. The third kappa shape index (κ3) is 2.41. The SMILES string of the molecule is C/C(=N\NC1=NS(=O)(=O)c2ccccc21)c1ccc2c(c1)OCO2. The molecule has 0 spiro atoms. The zero-order valence-electron chi connectivity index (χ0n) is 12.7. The van der Waals surface area contributed by atoms with Gasteiger partial charge in [-0.05, 0) is 37.3 Å². The summed E-state index contributed by atoms with van der Waals surface area (Å²) in [6, 6.07) is 12.1. The Morgan fingerprint density at radius 1 is 1.17 bits per heavy atom. The lowest BCUT2D eigenvalue weighted by Gasteiger charge is -2.05. The van der Waals surface area contributed by atoms with Gasteiger partial charge in [-0.2, -0.15) is 13.5 Å². The predicted octanol–water partition coefficient (Wildman–Crippen LogP) is 1.88. The molecule has 122 valence electrons. The Balaban J connectivity index is 1.62. The maximum atomic E-state index is 12.0. The number of hydrogen-bond donors (Lipinski definition) is 1. The fraction of sp³-hybridized carbons (Fsp3) is 0.125. The van der Waals surface area contributed by atoms with E-state index in [-0.39, 0.29) is 17.5 Å². The highest BCUT2D eigenvalue weighted by molar-refractivity contribution is 7.90. The van der Waals surface area contributed by atoms with Crippen molar-refractivity contribution in [2.24, 2.45) is 9.50 Å². The normalized spacial score (nSPS) is 17.4. The fourth-order valence-electron chi connectivity index (χ4n) is 2.51. The number of nitrogens with one attached hydrogen (secondary N) is 1. The number of amidine groups is 1. The third-order valence-electron chi connectivity index (χ3n) is 3.75. The maximum absolute atomic E-state index is 12.0. The van der Waals surface area contributed by atoms with Crippen molar-refractivity contribution < 1.29 is 17.9 Å². The molecular weight excluding hydrogens is 330 g/mol. The van der Waals surface area contributed by atoms with Gasteiger partial charge in [-0.3, -0.25) is 5.43 Å². The quantitative estimate of drug-likeness (QED) is 0.664. The van der Waals surface area contributed by atoms with Gasteiger partial charge in [0.1, 0.15) is 4.90 Å². The van der Waals surface area contributed by atoms with E-state index < -0.39 is 10.0 Å². The van der Waals surface area contributed by atoms with Crippen LogP contribution in [0.15, 0.2) is 56.9 Å². The van der Waals surface area contributed by atoms with Crippen LogP contribution >= 0.6 is 0 Å². The second-order valence-corrected chi connectivity index (χ2v) is 6.86. The van der Waals surface area contributed by atoms with Gasteiger partial charge in [0.2, 0.25) is 6.79 Å². The summed E-state index contributed by atoms with van der Waals surface area (Å²) in [5, 5.41) is 4.24. The Bertz CT molecular complexity index is 996. The average molecular weight is 343 g/mol. The Labute approximate surface area is 138 Å². The van der Waals surface area contributed by atoms with Crippen LogP contribution in [0.4, 0.5) is 0 Å². The van der Waals surface area contributed by atoms with Gasteiger partial charge in [0.25, 0.3) is 10.0 Å². The van der Waals surface area contributed by atoms with Gasteiger partial charge in [0.15, 0.2) is 17.3 Å². The van der Waals surface area contributed by atoms with Gasteiger partial charge in [-0.1, -0.05) is 12.1 Å². The van der Waals surface area contributed by atoms with Crippen LogP contribution in [0, 0.1) is 0 Å². The van der Waals surface area contributed by atoms with E-state index in [2.05, 4.69) is 14.9 Å². The zero-order valence-corrected chi connectivity index (χ0v) is 13.5. The summed E-state index contributed by atoms with van der Waals surface area (Å²) in [7, 11) is -3.66. The first kappa shape index (κ1) is 14.7. The molecule has 0 aliphatic carbocycles. The molecule has 1 N–H and O–H groups in total. The van der Waals surface area contributed by atoms with Crippen LogP contribution in [0.25, 0.3) is 0 Å². The molecule has 8 heteroatoms. The van der Waals surface area contributed by atoms with E-state index >= 15 is 0 Å². The van der Waals surface area contributed by atoms with E-state index in [4.69, 9.17) is 9.47 Å². The molecule has 0 aromatic heterocycles. The Kier molecular flexibility index (Phi) is 3.27. The number of benzene rings is 2. The second-order valence-electron chi connectivity index (χ2n) is 5.29. The fourth-order valence-corrected chi connectivity index (χ4v) is 3.68. The summed E-state index contributed by atoms with van der Waals surface area (Å²) in [5.74, 6) is 1.57. The van der Waals surface area contributed by atoms with E-state index in [9.17, 15) is 8.42 Å². The van der Waals surface area contributed by atoms with Crippen molar-refractivity contribution in [3.05, 3.63) is 53.6 Å². The lowest BCUT2D eigenvalue weighted by molar-refractivity contribution is 0.174. The topological polar surface area (TPSA) is 89.4 Å². The van der Waals surface area contributed by atoms with Crippen LogP contribution in [0.5, 0.6) is 11.5 Å². The van der Waals surface area contributed by atoms with Crippen molar-refractivity contribution in [3.63, 3.8) is 0 Å². The summed E-state index contributed by atoms with van der Waals surface area (Å²) in [6.45, 7) is 2.01. The maximum Gasteiger partial charge on any atom is 0.285 e. The van der Waals surface area contributed by atoms with Gasteiger partial charge in [-0.15, -0.1) is 4.40 Å². The Morgan fingerprint density at radius 3 is 2.83 bits per heavy atom. The number of fused-ring (bicyclic) bond motifs is 2. The number of ether oxygens (including phenoxy) is 2. The summed E-state index contributed by atoms with van der Waals surface area (Å²) in [4.78, 5) is 0.184. The number of sulfonamides is 1. The summed E-state index contributed by atoms with van der Waals surface area (Å²) >= 11 is 0. The molecule has 0 fully saturated rings. The highest BCUT2D eigenvalue weighted by Gasteiger charge is 2.28. The summed E-state index contributed by atoms with van der Waals surface area (Å²) < 4.78 is 38.4. The molecule has 4 rings (SSSR count). The molecule has 0 saturated carbocycles. The van der Waals surface area contributed by atoms with Crippen molar-refractivity contribution >= 4 is 21.6 Å². The molecule has 2 aliphatic heterocycles. The molecule has 0 unspecified atom stereocenters. The van der Waals surface area contributed by atoms with Crippen LogP contribution in [-0.2, 0) is 10.0 Å². The molecule has 2 aromatic carbocycles. The van der Waals surface area contributed by atoms with E-state index in [1.54, 1.807) is 25.1 Å². The van der Waals surface area contributed by atoms with Crippen molar-refractivity contribution in [3.8, 4) is 11.5 Å². The molecule has 2 aliphatic rings. The standard InChI is InChI=1S/C16H13N3O4S/c1-10(11-6-7-13-14(8-11)23-9-22-13)17-18-16-12-4-2-3-5-15(12)24(20,21)19-16/h2-8H,9H2,1H3,(H,18,19)/b17-10+. The van der Waals surface area contributed by atoms with Crippen LogP contribution < -0.4 is 14.9 Å². The van der Waals surface area contributed by atoms with Crippen LogP contribution in [0.2, 0.25) is 0 Å². The van der Waals surface area contributed by atoms with E-state index in [0.717, 1.165) is 5.56 Å². The second kappa shape index (κ2) is 5.34. The molecule has 2 aromatic rings. The molecule has 0 saturated heterocycles. The smallest absolute Gasteiger partial charge is 0.285 e. The van der Waals surface area contributed by atoms with E-state index in [1.165, 1.54) is 6.07 Å². The number of hydrogen-bond acceptors (Lipinski definition) is 6. The lowest BCUT2D eigenvalue weighted by atomic mass is 10.1. The van der Waals surface area contributed by atoms with Crippen molar-refractivity contribution in [2.45, 2.75) is 11.8 Å². The highest BCUT2D eigenvalue weighted by atomic mass is 32.2. The third-order valence-corrected chi connectivity index (χ3v) is 5.09. The average Bonchev–Trinajstić information content (AvgIpc) is 3.15. The van der Waals surface area contributed by atoms with Gasteiger partial charge < -0.3 is 9.47 Å². The first-order valence-electron chi connectivity index (χ1n) is 7.19. The first-order valence-corrected chi connectivity index (χ1v) is 8.63. The minimum atomic E-state index is -3.66. The zero-order chi connectivity index (χ0) is 16.7. The van der Waals surface area contributed by atoms with Crippen molar-refractivity contribution in [1.29, 1.82) is 0 Å². The molecule has 7 nitrogen and oxygen atoms in total. The van der Waals surface area contributed by atoms with Gasteiger partial charge in [0, 0.05) is 11.1 Å². The first-order chi connectivity index (χ1) is 11.5. The van der Waals surface area contributed by atoms with Gasteiger partial charge in [0.05, 0.1) is 5.71 Å². The van der Waals surface area contributed by atoms with Gasteiger partial charge >= 0.3 is 0 Å². The molecule has 0 atom stereocenters. The van der Waals surface area contributed by atoms with Crippen LogP contribution in [-0.4, -0.2) is 26.8 Å². The van der Waals surface area contributed by atoms with Crippen LogP contribution in [0.1, 0.15) is 18.1 Å². The minimum Gasteiger partial charge on any atom is -0.454 e. The lowest BCUT2D eigenvalue weighted by Crippen LogP contribution is -2.19. The summed E-state index contributed by atoms with van der Waals surface area (Å²) in [6.07, 6.45) is 0. The van der Waals surface area contributed by atoms with Gasteiger partial charge in [-0.25, -0.2) is 0 Å². The minimum absolute atomic E-state index is 0.184. The molecule has 2 heterocycles. The highest BCUT2D eigenvalue weighted by Crippen LogP contribution is 2.32. The molecule has 0 radical (unpaired) electrons. The molecule has 24 heavy (non-hydrogen) atoms. The Morgan fingerprint density at radius 2 is 1.96 bits per heavy atom. The predicted molar refractivity (Wildman–Crippen MR) is 88.1 cm³/mol. The van der Waals surface area contributed by atoms with Crippen molar-refractivity contribution in [1.82, 2.24) is 5.43 Å². The van der Waals surface area contributed by atoms with E-state index in [1.807, 2.05) is 18.2 Å². The Hall–Kier alpha value is -2.87. The molecular formula is C16H13N3O4S. The number of rotatable bonds is 2. The molecule has 0 amide bonds.